The van der Waals surface area contributed by atoms with Gasteiger partial charge >= 0.3 is 0 Å². The van der Waals surface area contributed by atoms with E-state index in [9.17, 15) is 4.79 Å². The summed E-state index contributed by atoms with van der Waals surface area (Å²) in [5.74, 6) is 2.49. The van der Waals surface area contributed by atoms with Gasteiger partial charge in [0, 0.05) is 17.1 Å². The molecule has 1 aliphatic heterocycles. The zero-order chi connectivity index (χ0) is 17.8. The van der Waals surface area contributed by atoms with Crippen LogP contribution in [0.2, 0.25) is 5.02 Å². The number of aryl methyl sites for hydroxylation is 1. The van der Waals surface area contributed by atoms with Crippen LogP contribution in [-0.4, -0.2) is 30.4 Å². The summed E-state index contributed by atoms with van der Waals surface area (Å²) in [5, 5.41) is 3.68. The van der Waals surface area contributed by atoms with E-state index in [1.54, 1.807) is 24.3 Å². The van der Waals surface area contributed by atoms with Crippen molar-refractivity contribution < 1.29 is 9.21 Å². The zero-order valence-electron chi connectivity index (χ0n) is 14.8. The first kappa shape index (κ1) is 18.0. The lowest BCUT2D eigenvalue weighted by atomic mass is 9.97. The number of rotatable bonds is 5. The molecule has 2 heterocycles. The molecule has 2 aromatic rings. The van der Waals surface area contributed by atoms with Crippen LogP contribution in [0.25, 0.3) is 0 Å². The van der Waals surface area contributed by atoms with Gasteiger partial charge in [-0.3, -0.25) is 9.69 Å². The van der Waals surface area contributed by atoms with Crippen molar-refractivity contribution in [2.75, 3.05) is 19.6 Å². The molecule has 1 fully saturated rings. The van der Waals surface area contributed by atoms with Crippen LogP contribution >= 0.6 is 11.6 Å². The van der Waals surface area contributed by atoms with Gasteiger partial charge in [0.1, 0.15) is 11.5 Å². The van der Waals surface area contributed by atoms with Crippen molar-refractivity contribution in [3.63, 3.8) is 0 Å². The van der Waals surface area contributed by atoms with Crippen molar-refractivity contribution >= 4 is 17.5 Å². The second-order valence-electron chi connectivity index (χ2n) is 6.90. The lowest BCUT2D eigenvalue weighted by Crippen LogP contribution is -2.41. The number of hydrogen-bond donors (Lipinski definition) is 1. The van der Waals surface area contributed by atoms with Crippen molar-refractivity contribution in [3.8, 4) is 0 Å². The Morgan fingerprint density at radius 2 is 1.92 bits per heavy atom. The minimum Gasteiger partial charge on any atom is -0.465 e. The van der Waals surface area contributed by atoms with E-state index >= 15 is 0 Å². The van der Waals surface area contributed by atoms with E-state index in [4.69, 9.17) is 16.0 Å². The first-order valence-electron chi connectivity index (χ1n) is 8.87. The average Bonchev–Trinajstić information content (AvgIpc) is 3.03. The molecule has 134 valence electrons. The number of hydrogen-bond acceptors (Lipinski definition) is 3. The number of carbonyl (C=O) groups is 1. The van der Waals surface area contributed by atoms with Gasteiger partial charge in [-0.15, -0.1) is 0 Å². The van der Waals surface area contributed by atoms with Crippen molar-refractivity contribution in [3.05, 3.63) is 58.5 Å². The quantitative estimate of drug-likeness (QED) is 0.857. The molecule has 1 aliphatic rings. The number of benzene rings is 1. The molecule has 25 heavy (non-hydrogen) atoms. The fourth-order valence-electron chi connectivity index (χ4n) is 3.28. The fraction of sp³-hybridized carbons (Fsp3) is 0.450. The summed E-state index contributed by atoms with van der Waals surface area (Å²) >= 11 is 5.89. The van der Waals surface area contributed by atoms with Crippen molar-refractivity contribution in [2.45, 2.75) is 32.7 Å². The van der Waals surface area contributed by atoms with Gasteiger partial charge in [-0.2, -0.15) is 0 Å². The lowest BCUT2D eigenvalue weighted by Gasteiger charge is -2.35. The van der Waals surface area contributed by atoms with Gasteiger partial charge in [0.25, 0.3) is 5.91 Å². The summed E-state index contributed by atoms with van der Waals surface area (Å²) in [7, 11) is 0. The molecular weight excluding hydrogens is 336 g/mol. The summed E-state index contributed by atoms with van der Waals surface area (Å²) in [6.07, 6.45) is 2.36. The van der Waals surface area contributed by atoms with E-state index in [1.165, 1.54) is 12.8 Å². The van der Waals surface area contributed by atoms with Gasteiger partial charge in [0.15, 0.2) is 0 Å². The Kier molecular flexibility index (Phi) is 5.82. The third-order valence-electron chi connectivity index (χ3n) is 4.91. The summed E-state index contributed by atoms with van der Waals surface area (Å²) in [4.78, 5) is 14.8. The minimum atomic E-state index is -0.0877. The smallest absolute Gasteiger partial charge is 0.251 e. The molecule has 1 atom stereocenters. The number of nitrogens with one attached hydrogen (secondary N) is 1. The van der Waals surface area contributed by atoms with E-state index in [-0.39, 0.29) is 11.9 Å². The van der Waals surface area contributed by atoms with Crippen molar-refractivity contribution in [1.29, 1.82) is 0 Å². The number of piperidine rings is 1. The number of nitrogens with zero attached hydrogens (tertiary/aromatic N) is 1. The standard InChI is InChI=1S/C20H25ClN2O2/c1-14-9-11-23(12-10-14)18(19-8-3-15(2)25-19)13-22-20(24)16-4-6-17(21)7-5-16/h3-8,14,18H,9-13H2,1-2H3,(H,22,24). The van der Waals surface area contributed by atoms with E-state index in [0.717, 1.165) is 30.5 Å². The maximum absolute atomic E-state index is 12.4. The molecule has 0 radical (unpaired) electrons. The summed E-state index contributed by atoms with van der Waals surface area (Å²) in [6.45, 7) is 6.84. The van der Waals surface area contributed by atoms with Crippen LogP contribution < -0.4 is 5.32 Å². The minimum absolute atomic E-state index is 0.0671. The van der Waals surface area contributed by atoms with Gasteiger partial charge in [-0.1, -0.05) is 18.5 Å². The normalized spacial score (nSPS) is 17.4. The maximum atomic E-state index is 12.4. The van der Waals surface area contributed by atoms with Crippen LogP contribution in [0.1, 0.15) is 47.7 Å². The third kappa shape index (κ3) is 4.65. The molecule has 1 N–H and O–H groups in total. The molecule has 5 heteroatoms. The molecule has 1 unspecified atom stereocenters. The first-order valence-corrected chi connectivity index (χ1v) is 9.25. The monoisotopic (exact) mass is 360 g/mol. The van der Waals surface area contributed by atoms with E-state index in [0.29, 0.717) is 17.1 Å². The van der Waals surface area contributed by atoms with Crippen molar-refractivity contribution in [1.82, 2.24) is 10.2 Å². The molecule has 1 aromatic carbocycles. The number of furan rings is 1. The van der Waals surface area contributed by atoms with Crippen LogP contribution in [0.15, 0.2) is 40.8 Å². The largest absolute Gasteiger partial charge is 0.465 e. The van der Waals surface area contributed by atoms with E-state index in [1.807, 2.05) is 19.1 Å². The highest BCUT2D eigenvalue weighted by Crippen LogP contribution is 2.27. The van der Waals surface area contributed by atoms with Gasteiger partial charge in [-0.05, 0) is 75.2 Å². The topological polar surface area (TPSA) is 45.5 Å². The zero-order valence-corrected chi connectivity index (χ0v) is 15.6. The highest BCUT2D eigenvalue weighted by Gasteiger charge is 2.27. The Hall–Kier alpha value is -1.78. The number of carbonyl (C=O) groups excluding carboxylic acids is 1. The number of halogens is 1. The predicted octanol–water partition coefficient (Wildman–Crippen LogP) is 4.44. The van der Waals surface area contributed by atoms with Crippen LogP contribution in [0.3, 0.4) is 0 Å². The Bertz CT molecular complexity index is 703. The third-order valence-corrected chi connectivity index (χ3v) is 5.16. The maximum Gasteiger partial charge on any atom is 0.251 e. The molecule has 3 rings (SSSR count). The highest BCUT2D eigenvalue weighted by atomic mass is 35.5. The highest BCUT2D eigenvalue weighted by molar-refractivity contribution is 6.30. The Morgan fingerprint density at radius 1 is 1.24 bits per heavy atom. The second kappa shape index (κ2) is 8.07. The van der Waals surface area contributed by atoms with E-state index in [2.05, 4.69) is 17.1 Å². The van der Waals surface area contributed by atoms with Gasteiger partial charge in [0.2, 0.25) is 0 Å². The summed E-state index contributed by atoms with van der Waals surface area (Å²) < 4.78 is 5.87. The lowest BCUT2D eigenvalue weighted by molar-refractivity contribution is 0.0895. The molecule has 1 amide bonds. The SMILES string of the molecule is Cc1ccc(C(CNC(=O)c2ccc(Cl)cc2)N2CCC(C)CC2)o1. The summed E-state index contributed by atoms with van der Waals surface area (Å²) in [5.41, 5.74) is 0.617. The Balaban J connectivity index is 1.69. The summed E-state index contributed by atoms with van der Waals surface area (Å²) in [6, 6.07) is 11.0. The molecule has 1 saturated heterocycles. The van der Waals surface area contributed by atoms with Crippen LogP contribution in [0.5, 0.6) is 0 Å². The Labute approximate surface area is 154 Å². The van der Waals surface area contributed by atoms with Crippen LogP contribution in [0.4, 0.5) is 0 Å². The molecular formula is C20H25ClN2O2. The van der Waals surface area contributed by atoms with Gasteiger partial charge < -0.3 is 9.73 Å². The molecule has 1 aromatic heterocycles. The Morgan fingerprint density at radius 3 is 2.52 bits per heavy atom. The van der Waals surface area contributed by atoms with Crippen LogP contribution in [0, 0.1) is 12.8 Å². The van der Waals surface area contributed by atoms with Crippen molar-refractivity contribution in [2.24, 2.45) is 5.92 Å². The van der Waals surface area contributed by atoms with Gasteiger partial charge in [-0.25, -0.2) is 0 Å². The fourth-order valence-corrected chi connectivity index (χ4v) is 3.40. The average molecular weight is 361 g/mol. The predicted molar refractivity (Wildman–Crippen MR) is 99.9 cm³/mol. The molecule has 0 aliphatic carbocycles. The second-order valence-corrected chi connectivity index (χ2v) is 7.34. The molecule has 0 spiro atoms. The number of likely N-dealkylation sites (tertiary alicyclic amines) is 1. The first-order chi connectivity index (χ1) is 12.0. The van der Waals surface area contributed by atoms with Crippen LogP contribution in [-0.2, 0) is 0 Å². The number of amides is 1. The van der Waals surface area contributed by atoms with E-state index < -0.39 is 0 Å². The molecule has 4 nitrogen and oxygen atoms in total. The molecule has 0 bridgehead atoms. The van der Waals surface area contributed by atoms with Gasteiger partial charge in [0.05, 0.1) is 6.04 Å². The molecule has 0 saturated carbocycles.